The molecular weight excluding hydrogens is 268 g/mol. The Balaban J connectivity index is 2.29. The van der Waals surface area contributed by atoms with Crippen LogP contribution in [0.15, 0.2) is 41.8 Å². The van der Waals surface area contributed by atoms with E-state index in [9.17, 15) is 4.79 Å². The number of carbonyl (C=O) groups excluding carboxylic acids is 1. The van der Waals surface area contributed by atoms with Crippen molar-refractivity contribution in [3.8, 4) is 0 Å². The topological polar surface area (TPSA) is 34.9 Å². The second kappa shape index (κ2) is 4.56. The molecule has 0 fully saturated rings. The van der Waals surface area contributed by atoms with E-state index in [1.807, 2.05) is 41.8 Å². The molecule has 2 aromatic heterocycles. The molecule has 0 aliphatic carbocycles. The van der Waals surface area contributed by atoms with Gasteiger partial charge in [0.15, 0.2) is 0 Å². The van der Waals surface area contributed by atoms with Gasteiger partial charge < -0.3 is 0 Å². The predicted octanol–water partition coefficient (Wildman–Crippen LogP) is 4.08. The van der Waals surface area contributed by atoms with Gasteiger partial charge in [0, 0.05) is 5.41 Å². The fraction of sp³-hybridized carbons (Fsp3) is 0.250. The lowest BCUT2D eigenvalue weighted by Crippen LogP contribution is -2.23. The lowest BCUT2D eigenvalue weighted by molar-refractivity contribution is 0.0961. The van der Waals surface area contributed by atoms with Crippen LogP contribution < -0.4 is 0 Å². The van der Waals surface area contributed by atoms with Crippen molar-refractivity contribution in [3.63, 3.8) is 0 Å². The zero-order chi connectivity index (χ0) is 14.3. The number of carbonyl (C=O) groups is 1. The third-order valence-electron chi connectivity index (χ3n) is 3.17. The quantitative estimate of drug-likeness (QED) is 0.674. The van der Waals surface area contributed by atoms with E-state index in [-0.39, 0.29) is 11.3 Å². The van der Waals surface area contributed by atoms with Gasteiger partial charge in [-0.05, 0) is 23.6 Å². The average Bonchev–Trinajstić information content (AvgIpc) is 3.04. The Kier molecular flexibility index (Phi) is 2.98. The van der Waals surface area contributed by atoms with Crippen molar-refractivity contribution >= 4 is 28.3 Å². The van der Waals surface area contributed by atoms with Crippen LogP contribution in [0.25, 0.3) is 11.0 Å². The Morgan fingerprint density at radius 2 is 1.90 bits per heavy atom. The van der Waals surface area contributed by atoms with Crippen LogP contribution in [-0.4, -0.2) is 15.5 Å². The summed E-state index contributed by atoms with van der Waals surface area (Å²) >= 11 is 1.46. The molecule has 1 aromatic carbocycles. The van der Waals surface area contributed by atoms with Gasteiger partial charge in [0.1, 0.15) is 5.82 Å². The molecule has 0 saturated heterocycles. The molecule has 0 radical (unpaired) electrons. The highest BCUT2D eigenvalue weighted by Gasteiger charge is 2.26. The molecule has 20 heavy (non-hydrogen) atoms. The Bertz CT molecular complexity index is 763. The molecule has 0 saturated carbocycles. The van der Waals surface area contributed by atoms with Gasteiger partial charge >= 0.3 is 0 Å². The summed E-state index contributed by atoms with van der Waals surface area (Å²) in [4.78, 5) is 18.2. The van der Waals surface area contributed by atoms with E-state index >= 15 is 0 Å². The van der Waals surface area contributed by atoms with E-state index in [0.29, 0.717) is 0 Å². The number of fused-ring (bicyclic) bond motifs is 1. The van der Waals surface area contributed by atoms with E-state index < -0.39 is 0 Å². The van der Waals surface area contributed by atoms with Gasteiger partial charge in [0.2, 0.25) is 0 Å². The molecule has 0 bridgehead atoms. The molecule has 4 heteroatoms. The van der Waals surface area contributed by atoms with Crippen LogP contribution in [0, 0.1) is 0 Å². The fourth-order valence-corrected chi connectivity index (χ4v) is 2.90. The molecule has 3 rings (SSSR count). The van der Waals surface area contributed by atoms with Crippen LogP contribution in [-0.2, 0) is 5.41 Å². The third kappa shape index (κ3) is 2.06. The minimum Gasteiger partial charge on any atom is -0.267 e. The van der Waals surface area contributed by atoms with E-state index in [4.69, 9.17) is 0 Å². The molecule has 3 aromatic rings. The van der Waals surface area contributed by atoms with Crippen molar-refractivity contribution in [2.75, 3.05) is 0 Å². The number of hydrogen-bond donors (Lipinski definition) is 0. The van der Waals surface area contributed by atoms with E-state index in [2.05, 4.69) is 25.8 Å². The van der Waals surface area contributed by atoms with Crippen molar-refractivity contribution < 1.29 is 4.79 Å². The first-order valence-electron chi connectivity index (χ1n) is 6.54. The number of hydrogen-bond acceptors (Lipinski definition) is 3. The molecule has 0 N–H and O–H groups in total. The SMILES string of the molecule is CC(C)(C)c1nc2ccccc2n1C(=O)c1cccs1. The first-order chi connectivity index (χ1) is 9.48. The highest BCUT2D eigenvalue weighted by Crippen LogP contribution is 2.27. The first-order valence-corrected chi connectivity index (χ1v) is 7.42. The number of aromatic nitrogens is 2. The van der Waals surface area contributed by atoms with Gasteiger partial charge in [-0.15, -0.1) is 11.3 Å². The van der Waals surface area contributed by atoms with Crippen LogP contribution in [0.1, 0.15) is 36.3 Å². The Morgan fingerprint density at radius 1 is 1.15 bits per heavy atom. The van der Waals surface area contributed by atoms with Gasteiger partial charge in [-0.25, -0.2) is 4.98 Å². The summed E-state index contributed by atoms with van der Waals surface area (Å²) in [5.41, 5.74) is 1.55. The van der Waals surface area contributed by atoms with E-state index in [1.54, 1.807) is 4.57 Å². The summed E-state index contributed by atoms with van der Waals surface area (Å²) in [5, 5.41) is 1.92. The maximum absolute atomic E-state index is 12.8. The molecule has 3 nitrogen and oxygen atoms in total. The van der Waals surface area contributed by atoms with Gasteiger partial charge in [0.25, 0.3) is 5.91 Å². The predicted molar refractivity (Wildman–Crippen MR) is 82.5 cm³/mol. The number of para-hydroxylation sites is 2. The zero-order valence-corrected chi connectivity index (χ0v) is 12.6. The molecule has 102 valence electrons. The number of rotatable bonds is 1. The zero-order valence-electron chi connectivity index (χ0n) is 11.8. The molecule has 2 heterocycles. The minimum absolute atomic E-state index is 0.00127. The van der Waals surface area contributed by atoms with Crippen LogP contribution in [0.3, 0.4) is 0 Å². The van der Waals surface area contributed by atoms with Crippen LogP contribution in [0.5, 0.6) is 0 Å². The van der Waals surface area contributed by atoms with Crippen molar-refractivity contribution in [1.29, 1.82) is 0 Å². The smallest absolute Gasteiger partial charge is 0.267 e. The molecule has 0 atom stereocenters. The van der Waals surface area contributed by atoms with Crippen molar-refractivity contribution in [1.82, 2.24) is 9.55 Å². The van der Waals surface area contributed by atoms with Crippen molar-refractivity contribution in [2.24, 2.45) is 0 Å². The third-order valence-corrected chi connectivity index (χ3v) is 4.02. The summed E-state index contributed by atoms with van der Waals surface area (Å²) in [7, 11) is 0. The number of nitrogens with zero attached hydrogens (tertiary/aromatic N) is 2. The summed E-state index contributed by atoms with van der Waals surface area (Å²) < 4.78 is 1.75. The lowest BCUT2D eigenvalue weighted by atomic mass is 9.95. The van der Waals surface area contributed by atoms with E-state index in [0.717, 1.165) is 21.7 Å². The maximum atomic E-state index is 12.8. The maximum Gasteiger partial charge on any atom is 0.273 e. The highest BCUT2D eigenvalue weighted by atomic mass is 32.1. The molecule has 0 unspecified atom stereocenters. The summed E-state index contributed by atoms with van der Waals surface area (Å²) in [5.74, 6) is 0.802. The molecule has 0 amide bonds. The van der Waals surface area contributed by atoms with Crippen LogP contribution in [0.4, 0.5) is 0 Å². The Morgan fingerprint density at radius 3 is 2.55 bits per heavy atom. The summed E-state index contributed by atoms with van der Waals surface area (Å²) in [6.45, 7) is 6.23. The monoisotopic (exact) mass is 284 g/mol. The molecule has 0 aliphatic heterocycles. The largest absolute Gasteiger partial charge is 0.273 e. The molecule has 0 aliphatic rings. The summed E-state index contributed by atoms with van der Waals surface area (Å²) in [6, 6.07) is 11.5. The lowest BCUT2D eigenvalue weighted by Gasteiger charge is -2.18. The fourth-order valence-electron chi connectivity index (χ4n) is 2.25. The minimum atomic E-state index is -0.189. The molecule has 0 spiro atoms. The van der Waals surface area contributed by atoms with Gasteiger partial charge in [-0.1, -0.05) is 39.0 Å². The summed E-state index contributed by atoms with van der Waals surface area (Å²) in [6.07, 6.45) is 0. The van der Waals surface area contributed by atoms with Gasteiger partial charge in [0.05, 0.1) is 15.9 Å². The van der Waals surface area contributed by atoms with Crippen molar-refractivity contribution in [2.45, 2.75) is 26.2 Å². The Hall–Kier alpha value is -1.94. The second-order valence-corrected chi connectivity index (χ2v) is 6.74. The number of benzene rings is 1. The Labute approximate surface area is 121 Å². The van der Waals surface area contributed by atoms with E-state index in [1.165, 1.54) is 11.3 Å². The average molecular weight is 284 g/mol. The standard InChI is InChI=1S/C16H16N2OS/c1-16(2,3)15-17-11-7-4-5-8-12(11)18(15)14(19)13-9-6-10-20-13/h4-10H,1-3H3. The van der Waals surface area contributed by atoms with Gasteiger partial charge in [-0.2, -0.15) is 0 Å². The first kappa shape index (κ1) is 13.1. The van der Waals surface area contributed by atoms with Gasteiger partial charge in [-0.3, -0.25) is 9.36 Å². The molecular formula is C16H16N2OS. The number of thiophene rings is 1. The van der Waals surface area contributed by atoms with Crippen LogP contribution in [0.2, 0.25) is 0 Å². The van der Waals surface area contributed by atoms with Crippen LogP contribution >= 0.6 is 11.3 Å². The normalized spacial score (nSPS) is 11.9. The highest BCUT2D eigenvalue weighted by molar-refractivity contribution is 7.12. The number of imidazole rings is 1. The van der Waals surface area contributed by atoms with Crippen molar-refractivity contribution in [3.05, 3.63) is 52.5 Å². The second-order valence-electron chi connectivity index (χ2n) is 5.79.